The van der Waals surface area contributed by atoms with Crippen LogP contribution in [0, 0.1) is 0 Å². The summed E-state index contributed by atoms with van der Waals surface area (Å²) in [5.74, 6) is 0.0552. The smallest absolute Gasteiger partial charge is 0.335 e. The number of hydrogen-bond acceptors (Lipinski definition) is 5. The number of hydrogen-bond donors (Lipinski definition) is 1. The number of ether oxygens (including phenoxy) is 1. The van der Waals surface area contributed by atoms with Crippen molar-refractivity contribution in [3.8, 4) is 17.2 Å². The largest absolute Gasteiger partial charge is 0.489 e. The van der Waals surface area contributed by atoms with Gasteiger partial charge in [0.05, 0.1) is 29.6 Å². The van der Waals surface area contributed by atoms with Crippen molar-refractivity contribution in [1.29, 1.82) is 0 Å². The van der Waals surface area contributed by atoms with Gasteiger partial charge in [-0.05, 0) is 18.6 Å². The highest BCUT2D eigenvalue weighted by Crippen LogP contribution is 2.41. The Labute approximate surface area is 134 Å². The van der Waals surface area contributed by atoms with Crippen LogP contribution in [0.4, 0.5) is 5.69 Å². The molecule has 6 nitrogen and oxygen atoms in total. The average Bonchev–Trinajstić information content (AvgIpc) is 3.08. The summed E-state index contributed by atoms with van der Waals surface area (Å²) in [4.78, 5) is 17.8. The van der Waals surface area contributed by atoms with Crippen LogP contribution in [0.3, 0.4) is 0 Å². The number of oxazole rings is 1. The van der Waals surface area contributed by atoms with Crippen LogP contribution < -0.4 is 9.64 Å². The van der Waals surface area contributed by atoms with Crippen LogP contribution in [0.5, 0.6) is 5.75 Å². The number of fused-ring (bicyclic) bond motifs is 1. The molecule has 0 radical (unpaired) electrons. The quantitative estimate of drug-likeness (QED) is 0.823. The lowest BCUT2D eigenvalue weighted by molar-refractivity contribution is 0.0697. The number of aromatic nitrogens is 1. The number of aromatic carboxylic acids is 1. The molecule has 0 fully saturated rings. The zero-order chi connectivity index (χ0) is 16.2. The van der Waals surface area contributed by atoms with E-state index in [2.05, 4.69) is 16.8 Å². The number of carbonyl (C=O) groups is 1. The van der Waals surface area contributed by atoms with Gasteiger partial charge in [0.25, 0.3) is 0 Å². The molecule has 1 aliphatic rings. The Morgan fingerprint density at radius 2 is 2.26 bits per heavy atom. The van der Waals surface area contributed by atoms with Crippen molar-refractivity contribution in [1.82, 2.24) is 4.98 Å². The van der Waals surface area contributed by atoms with E-state index in [0.717, 1.165) is 38.0 Å². The van der Waals surface area contributed by atoms with Gasteiger partial charge in [-0.1, -0.05) is 19.8 Å². The van der Waals surface area contributed by atoms with Crippen molar-refractivity contribution in [3.05, 3.63) is 30.2 Å². The fourth-order valence-corrected chi connectivity index (χ4v) is 2.80. The average molecular weight is 316 g/mol. The SMILES string of the molecule is CCCCCN1CCOc2c(-c3ncco3)cc(C(=O)O)cc21. The van der Waals surface area contributed by atoms with Gasteiger partial charge < -0.3 is 19.2 Å². The lowest BCUT2D eigenvalue weighted by Crippen LogP contribution is -2.34. The summed E-state index contributed by atoms with van der Waals surface area (Å²) < 4.78 is 11.2. The molecule has 2 heterocycles. The fraction of sp³-hybridized carbons (Fsp3) is 0.412. The predicted octanol–water partition coefficient (Wildman–Crippen LogP) is 3.43. The zero-order valence-corrected chi connectivity index (χ0v) is 13.1. The Hall–Kier alpha value is -2.50. The van der Waals surface area contributed by atoms with Crippen LogP contribution in [-0.2, 0) is 0 Å². The number of rotatable bonds is 6. The second-order valence-corrected chi connectivity index (χ2v) is 5.56. The summed E-state index contributed by atoms with van der Waals surface area (Å²) in [5, 5.41) is 9.40. The summed E-state index contributed by atoms with van der Waals surface area (Å²) in [7, 11) is 0. The molecule has 0 aliphatic carbocycles. The number of nitrogens with zero attached hydrogens (tertiary/aromatic N) is 2. The third-order valence-electron chi connectivity index (χ3n) is 3.96. The summed E-state index contributed by atoms with van der Waals surface area (Å²) in [5.41, 5.74) is 1.61. The van der Waals surface area contributed by atoms with Gasteiger partial charge in [0.1, 0.15) is 12.9 Å². The first-order valence-electron chi connectivity index (χ1n) is 7.89. The van der Waals surface area contributed by atoms with E-state index >= 15 is 0 Å². The highest BCUT2D eigenvalue weighted by atomic mass is 16.5. The Kier molecular flexibility index (Phi) is 4.50. The lowest BCUT2D eigenvalue weighted by Gasteiger charge is -2.32. The maximum absolute atomic E-state index is 11.5. The molecule has 0 unspecified atom stereocenters. The lowest BCUT2D eigenvalue weighted by atomic mass is 10.0. The van der Waals surface area contributed by atoms with E-state index in [1.165, 1.54) is 12.5 Å². The highest BCUT2D eigenvalue weighted by Gasteiger charge is 2.25. The zero-order valence-electron chi connectivity index (χ0n) is 13.1. The van der Waals surface area contributed by atoms with Gasteiger partial charge in [0.15, 0.2) is 5.75 Å². The van der Waals surface area contributed by atoms with Gasteiger partial charge in [0.2, 0.25) is 5.89 Å². The maximum atomic E-state index is 11.5. The minimum atomic E-state index is -0.973. The van der Waals surface area contributed by atoms with Crippen molar-refractivity contribution < 1.29 is 19.1 Å². The van der Waals surface area contributed by atoms with E-state index in [9.17, 15) is 9.90 Å². The van der Waals surface area contributed by atoms with Crippen LogP contribution in [0.25, 0.3) is 11.5 Å². The Balaban J connectivity index is 2.03. The molecule has 0 amide bonds. The molecule has 6 heteroatoms. The van der Waals surface area contributed by atoms with Crippen LogP contribution in [-0.4, -0.2) is 35.8 Å². The molecular formula is C17H20N2O4. The first-order valence-corrected chi connectivity index (χ1v) is 7.89. The molecular weight excluding hydrogens is 296 g/mol. The van der Waals surface area contributed by atoms with Crippen LogP contribution in [0.2, 0.25) is 0 Å². The van der Waals surface area contributed by atoms with E-state index in [4.69, 9.17) is 9.15 Å². The van der Waals surface area contributed by atoms with E-state index < -0.39 is 5.97 Å². The predicted molar refractivity (Wildman–Crippen MR) is 86.1 cm³/mol. The van der Waals surface area contributed by atoms with Gasteiger partial charge in [-0.3, -0.25) is 0 Å². The second-order valence-electron chi connectivity index (χ2n) is 5.56. The molecule has 0 bridgehead atoms. The summed E-state index contributed by atoms with van der Waals surface area (Å²) >= 11 is 0. The third kappa shape index (κ3) is 3.16. The molecule has 3 rings (SSSR count). The van der Waals surface area contributed by atoms with E-state index in [0.29, 0.717) is 23.8 Å². The van der Waals surface area contributed by atoms with Gasteiger partial charge in [0, 0.05) is 6.54 Å². The topological polar surface area (TPSA) is 75.8 Å². The van der Waals surface area contributed by atoms with Crippen molar-refractivity contribution in [2.45, 2.75) is 26.2 Å². The number of unbranched alkanes of at least 4 members (excludes halogenated alkanes) is 2. The van der Waals surface area contributed by atoms with Crippen molar-refractivity contribution in [3.63, 3.8) is 0 Å². The van der Waals surface area contributed by atoms with Gasteiger partial charge in [-0.15, -0.1) is 0 Å². The second kappa shape index (κ2) is 6.73. The Morgan fingerprint density at radius 1 is 1.39 bits per heavy atom. The first-order chi connectivity index (χ1) is 11.2. The molecule has 0 atom stereocenters. The number of carboxylic acids is 1. The van der Waals surface area contributed by atoms with E-state index in [-0.39, 0.29) is 5.56 Å². The van der Waals surface area contributed by atoms with Crippen molar-refractivity contribution in [2.24, 2.45) is 0 Å². The molecule has 1 aliphatic heterocycles. The normalized spacial score (nSPS) is 13.5. The minimum Gasteiger partial charge on any atom is -0.489 e. The summed E-state index contributed by atoms with van der Waals surface area (Å²) in [6.07, 6.45) is 6.38. The van der Waals surface area contributed by atoms with Crippen LogP contribution >= 0.6 is 0 Å². The fourth-order valence-electron chi connectivity index (χ4n) is 2.80. The minimum absolute atomic E-state index is 0.211. The van der Waals surface area contributed by atoms with Gasteiger partial charge in [-0.2, -0.15) is 0 Å². The first kappa shape index (κ1) is 15.4. The Bertz CT molecular complexity index is 682. The number of anilines is 1. The van der Waals surface area contributed by atoms with Crippen LogP contribution in [0.15, 0.2) is 29.0 Å². The monoisotopic (exact) mass is 316 g/mol. The Morgan fingerprint density at radius 3 is 2.96 bits per heavy atom. The third-order valence-corrected chi connectivity index (χ3v) is 3.96. The molecule has 1 N–H and O–H groups in total. The van der Waals surface area contributed by atoms with Crippen molar-refractivity contribution in [2.75, 3.05) is 24.6 Å². The molecule has 1 aromatic heterocycles. The molecule has 0 saturated carbocycles. The van der Waals surface area contributed by atoms with E-state index in [1.807, 2.05) is 0 Å². The van der Waals surface area contributed by atoms with Crippen molar-refractivity contribution >= 4 is 11.7 Å². The van der Waals surface area contributed by atoms with E-state index in [1.54, 1.807) is 12.1 Å². The molecule has 2 aromatic rings. The summed E-state index contributed by atoms with van der Waals surface area (Å²) in [6, 6.07) is 3.23. The molecule has 0 spiro atoms. The molecule has 0 saturated heterocycles. The standard InChI is InChI=1S/C17H20N2O4/c1-2-3-4-6-19-7-9-22-15-13(16-18-5-8-23-16)10-12(17(20)21)11-14(15)19/h5,8,10-11H,2-4,6-7,9H2,1H3,(H,20,21). The highest BCUT2D eigenvalue weighted by molar-refractivity contribution is 5.93. The number of benzene rings is 1. The number of carboxylic acid groups (broad SMARTS) is 1. The van der Waals surface area contributed by atoms with Gasteiger partial charge >= 0.3 is 5.97 Å². The molecule has 23 heavy (non-hydrogen) atoms. The van der Waals surface area contributed by atoms with Crippen LogP contribution in [0.1, 0.15) is 36.5 Å². The summed E-state index contributed by atoms with van der Waals surface area (Å²) in [6.45, 7) is 4.37. The molecule has 122 valence electrons. The molecule has 1 aromatic carbocycles. The van der Waals surface area contributed by atoms with Gasteiger partial charge in [-0.25, -0.2) is 9.78 Å². The maximum Gasteiger partial charge on any atom is 0.335 e.